The first kappa shape index (κ1) is 23.5. The highest BCUT2D eigenvalue weighted by molar-refractivity contribution is 7.92. The van der Waals surface area contributed by atoms with Crippen molar-refractivity contribution in [3.05, 3.63) is 99.8 Å². The Morgan fingerprint density at radius 1 is 1.14 bits per heavy atom. The van der Waals surface area contributed by atoms with Crippen LogP contribution in [0.1, 0.15) is 21.5 Å². The zero-order chi connectivity index (χ0) is 24.7. The van der Waals surface area contributed by atoms with Gasteiger partial charge in [-0.1, -0.05) is 47.2 Å². The van der Waals surface area contributed by atoms with E-state index >= 15 is 0 Å². The Balaban J connectivity index is 1.48. The first-order valence-electron chi connectivity index (χ1n) is 11.0. The molecule has 0 N–H and O–H groups in total. The Kier molecular flexibility index (Phi) is 6.13. The number of hydrogen-bond acceptors (Lipinski definition) is 4. The van der Waals surface area contributed by atoms with Crippen molar-refractivity contribution in [2.45, 2.75) is 24.8 Å². The van der Waals surface area contributed by atoms with Crippen LogP contribution in [-0.4, -0.2) is 25.4 Å². The first-order valence-corrected chi connectivity index (χ1v) is 13.6. The fraction of sp³-hybridized carbons (Fsp3) is 0.154. The molecule has 0 unspecified atom stereocenters. The molecular formula is C26H22ClN3O3S2. The van der Waals surface area contributed by atoms with Crippen LogP contribution in [0.2, 0.25) is 5.02 Å². The lowest BCUT2D eigenvalue weighted by molar-refractivity contribution is 0.0998. The summed E-state index contributed by atoms with van der Waals surface area (Å²) in [6.45, 7) is 6.62. The van der Waals surface area contributed by atoms with Crippen LogP contribution in [0.3, 0.4) is 0 Å². The fourth-order valence-corrected chi connectivity index (χ4v) is 7.06. The molecule has 0 spiro atoms. The van der Waals surface area contributed by atoms with Gasteiger partial charge in [0.1, 0.15) is 0 Å². The van der Waals surface area contributed by atoms with E-state index in [9.17, 15) is 13.2 Å². The average Bonchev–Trinajstić information content (AvgIpc) is 3.44. The van der Waals surface area contributed by atoms with Crippen LogP contribution < -0.4 is 9.11 Å². The number of halogens is 1. The number of fused-ring (bicyclic) bond motifs is 2. The molecule has 1 aliphatic heterocycles. The van der Waals surface area contributed by atoms with E-state index in [2.05, 4.69) is 11.6 Å². The molecule has 0 atom stereocenters. The van der Waals surface area contributed by atoms with Crippen molar-refractivity contribution in [3.8, 4) is 0 Å². The summed E-state index contributed by atoms with van der Waals surface area (Å²) in [5, 5.41) is 0.642. The molecule has 1 amide bonds. The minimum Gasteiger partial charge on any atom is -0.312 e. The molecule has 6 nitrogen and oxygen atoms in total. The number of anilines is 1. The molecule has 0 bridgehead atoms. The lowest BCUT2D eigenvalue weighted by atomic mass is 10.2. The molecule has 1 aliphatic rings. The van der Waals surface area contributed by atoms with Crippen molar-refractivity contribution in [3.63, 3.8) is 0 Å². The van der Waals surface area contributed by atoms with E-state index in [-0.39, 0.29) is 4.90 Å². The van der Waals surface area contributed by atoms with Crippen LogP contribution in [0, 0.1) is 6.92 Å². The number of sulfonamides is 1. The molecule has 1 aromatic heterocycles. The third kappa shape index (κ3) is 4.11. The van der Waals surface area contributed by atoms with E-state index in [0.29, 0.717) is 40.6 Å². The second kappa shape index (κ2) is 9.11. The van der Waals surface area contributed by atoms with Gasteiger partial charge in [0.25, 0.3) is 15.9 Å². The number of benzene rings is 3. The van der Waals surface area contributed by atoms with Gasteiger partial charge < -0.3 is 4.57 Å². The predicted octanol–water partition coefficient (Wildman–Crippen LogP) is 5.34. The van der Waals surface area contributed by atoms with Crippen molar-refractivity contribution in [1.29, 1.82) is 0 Å². The first-order chi connectivity index (χ1) is 16.8. The van der Waals surface area contributed by atoms with Crippen LogP contribution in [0.5, 0.6) is 0 Å². The lowest BCUT2D eigenvalue weighted by Gasteiger charge is -2.19. The van der Waals surface area contributed by atoms with Crippen LogP contribution in [0.4, 0.5) is 5.69 Å². The largest absolute Gasteiger partial charge is 0.312 e. The molecule has 0 aliphatic carbocycles. The quantitative estimate of drug-likeness (QED) is 0.331. The maximum atomic E-state index is 13.2. The topological polar surface area (TPSA) is 71.7 Å². The maximum absolute atomic E-state index is 13.2. The van der Waals surface area contributed by atoms with Gasteiger partial charge in [-0.3, -0.25) is 9.10 Å². The minimum absolute atomic E-state index is 0.139. The minimum atomic E-state index is -3.73. The number of amides is 1. The average molecular weight is 524 g/mol. The molecule has 2 heterocycles. The second-order valence-electron chi connectivity index (χ2n) is 8.20. The zero-order valence-electron chi connectivity index (χ0n) is 18.9. The van der Waals surface area contributed by atoms with Crippen LogP contribution in [0.15, 0.2) is 83.2 Å². The van der Waals surface area contributed by atoms with Gasteiger partial charge in [-0.2, -0.15) is 4.99 Å². The molecule has 0 radical (unpaired) electrons. The van der Waals surface area contributed by atoms with Crippen LogP contribution in [0.25, 0.3) is 10.2 Å². The SMILES string of the molecule is C=CCn1c(=NC(=O)c2ccc(S(=O)(=O)N3CCc4ccccc43)cc2)sc2ccc(Cl)c(C)c21. The van der Waals surface area contributed by atoms with E-state index in [1.165, 1.54) is 39.9 Å². The molecule has 0 saturated carbocycles. The van der Waals surface area contributed by atoms with Gasteiger partial charge in [0.2, 0.25) is 0 Å². The van der Waals surface area contributed by atoms with Crippen LogP contribution >= 0.6 is 22.9 Å². The van der Waals surface area contributed by atoms with E-state index < -0.39 is 15.9 Å². The Bertz CT molecular complexity index is 1650. The third-order valence-corrected chi connectivity index (χ3v) is 9.35. The molecular weight excluding hydrogens is 502 g/mol. The molecule has 0 fully saturated rings. The van der Waals surface area contributed by atoms with Gasteiger partial charge in [-0.15, -0.1) is 6.58 Å². The molecule has 0 saturated heterocycles. The van der Waals surface area contributed by atoms with Gasteiger partial charge in [-0.25, -0.2) is 8.42 Å². The highest BCUT2D eigenvalue weighted by Crippen LogP contribution is 2.32. The number of hydrogen-bond donors (Lipinski definition) is 0. The number of carbonyl (C=O) groups is 1. The van der Waals surface area contributed by atoms with Crippen LogP contribution in [-0.2, 0) is 23.0 Å². The summed E-state index contributed by atoms with van der Waals surface area (Å²) < 4.78 is 30.8. The number of allylic oxidation sites excluding steroid dienone is 1. The zero-order valence-corrected chi connectivity index (χ0v) is 21.3. The van der Waals surface area contributed by atoms with E-state index in [4.69, 9.17) is 11.6 Å². The summed E-state index contributed by atoms with van der Waals surface area (Å²) in [6.07, 6.45) is 2.42. The number of aromatic nitrogens is 1. The summed E-state index contributed by atoms with van der Waals surface area (Å²) in [5.41, 5.74) is 3.85. The van der Waals surface area contributed by atoms with Crippen molar-refractivity contribution in [2.24, 2.45) is 4.99 Å². The maximum Gasteiger partial charge on any atom is 0.279 e. The lowest BCUT2D eigenvalue weighted by Crippen LogP contribution is -2.29. The van der Waals surface area contributed by atoms with Gasteiger partial charge in [-0.05, 0) is 66.9 Å². The van der Waals surface area contributed by atoms with E-state index in [1.54, 1.807) is 6.08 Å². The standard InChI is InChI=1S/C26H22ClN3O3S2/c1-3-15-29-24-17(2)21(27)12-13-23(24)34-26(29)28-25(31)19-8-10-20(11-9-19)35(32,33)30-16-14-18-6-4-5-7-22(18)30/h3-13H,1,14-16H2,2H3. The summed E-state index contributed by atoms with van der Waals surface area (Å²) in [4.78, 5) is 18.0. The highest BCUT2D eigenvalue weighted by Gasteiger charge is 2.30. The smallest absolute Gasteiger partial charge is 0.279 e. The summed E-state index contributed by atoms with van der Waals surface area (Å²) in [5.74, 6) is -0.450. The summed E-state index contributed by atoms with van der Waals surface area (Å²) in [7, 11) is -3.73. The summed E-state index contributed by atoms with van der Waals surface area (Å²) >= 11 is 7.71. The molecule has 4 aromatic rings. The highest BCUT2D eigenvalue weighted by atomic mass is 35.5. The van der Waals surface area contributed by atoms with Crippen molar-refractivity contribution >= 4 is 54.8 Å². The second-order valence-corrected chi connectivity index (χ2v) is 11.5. The molecule has 35 heavy (non-hydrogen) atoms. The molecule has 3 aromatic carbocycles. The fourth-order valence-electron chi connectivity index (χ4n) is 4.31. The Morgan fingerprint density at radius 2 is 1.89 bits per heavy atom. The van der Waals surface area contributed by atoms with Crippen molar-refractivity contribution in [1.82, 2.24) is 4.57 Å². The van der Waals surface area contributed by atoms with Gasteiger partial charge in [0.05, 0.1) is 20.8 Å². The molecule has 5 rings (SSSR count). The Morgan fingerprint density at radius 3 is 2.63 bits per heavy atom. The van der Waals surface area contributed by atoms with E-state index in [0.717, 1.165) is 21.3 Å². The number of thiazole rings is 1. The monoisotopic (exact) mass is 523 g/mol. The van der Waals surface area contributed by atoms with Gasteiger partial charge in [0, 0.05) is 23.7 Å². The van der Waals surface area contributed by atoms with Crippen molar-refractivity contribution < 1.29 is 13.2 Å². The summed E-state index contributed by atoms with van der Waals surface area (Å²) in [6, 6.07) is 17.2. The number of para-hydroxylation sites is 1. The molecule has 9 heteroatoms. The Labute approximate surface area is 212 Å². The number of aryl methyl sites for hydroxylation is 1. The number of rotatable bonds is 5. The molecule has 178 valence electrons. The third-order valence-electron chi connectivity index (χ3n) is 6.07. The Hall–Kier alpha value is -3.20. The van der Waals surface area contributed by atoms with Gasteiger partial charge >= 0.3 is 0 Å². The van der Waals surface area contributed by atoms with Crippen molar-refractivity contribution in [2.75, 3.05) is 10.8 Å². The number of carbonyl (C=O) groups excluding carboxylic acids is 1. The van der Waals surface area contributed by atoms with E-state index in [1.807, 2.05) is 47.9 Å². The normalized spacial score (nSPS) is 13.9. The number of nitrogens with zero attached hydrogens (tertiary/aromatic N) is 3. The van der Waals surface area contributed by atoms with Gasteiger partial charge in [0.15, 0.2) is 4.80 Å². The predicted molar refractivity (Wildman–Crippen MR) is 141 cm³/mol.